The number of hydrogen-bond donors (Lipinski definition) is 0. The van der Waals surface area contributed by atoms with Gasteiger partial charge in [-0.1, -0.05) is 87.9 Å². The maximum Gasteiger partial charge on any atom is 0.343 e. The molecule has 0 aliphatic carbocycles. The van der Waals surface area contributed by atoms with Crippen LogP contribution in [0.25, 0.3) is 17.2 Å². The molecular formula is C48H49NO5. The second kappa shape index (κ2) is 15.8. The smallest absolute Gasteiger partial charge is 0.343 e. The Balaban J connectivity index is 0.924. The molecule has 54 heavy (non-hydrogen) atoms. The van der Waals surface area contributed by atoms with E-state index in [1.54, 1.807) is 42.5 Å². The lowest BCUT2D eigenvalue weighted by Crippen LogP contribution is -2.58. The highest BCUT2D eigenvalue weighted by Gasteiger charge is 2.57. The van der Waals surface area contributed by atoms with Gasteiger partial charge in [-0.25, -0.2) is 4.79 Å². The number of fused-ring (bicyclic) bond motifs is 2. The Morgan fingerprint density at radius 1 is 0.685 bits per heavy atom. The minimum absolute atomic E-state index is 0.126. The molecule has 2 aliphatic rings. The highest BCUT2D eigenvalue weighted by atomic mass is 16.5. The number of ketones is 1. The Hall–Kier alpha value is -5.62. The first-order valence-electron chi connectivity index (χ1n) is 19.3. The maximum atomic E-state index is 13.5. The summed E-state index contributed by atoms with van der Waals surface area (Å²) in [6.45, 7) is 7.38. The highest BCUT2D eigenvalue weighted by molar-refractivity contribution is 6.09. The van der Waals surface area contributed by atoms with E-state index in [-0.39, 0.29) is 11.2 Å². The number of carbonyl (C=O) groups excluding carboxylic acids is 2. The number of esters is 1. The zero-order valence-corrected chi connectivity index (χ0v) is 31.8. The van der Waals surface area contributed by atoms with E-state index in [1.165, 1.54) is 44.1 Å². The minimum atomic E-state index is -0.682. The number of unbranched alkanes of at least 4 members (excludes halogenated alkanes) is 6. The zero-order valence-electron chi connectivity index (χ0n) is 31.8. The Morgan fingerprint density at radius 2 is 1.30 bits per heavy atom. The van der Waals surface area contributed by atoms with Gasteiger partial charge in [0.25, 0.3) is 0 Å². The van der Waals surface area contributed by atoms with Crippen molar-refractivity contribution in [3.8, 4) is 28.4 Å². The number of anilines is 1. The number of rotatable bonds is 14. The monoisotopic (exact) mass is 719 g/mol. The summed E-state index contributed by atoms with van der Waals surface area (Å²) in [6.07, 6.45) is 13.0. The van der Waals surface area contributed by atoms with Crippen LogP contribution in [0.2, 0.25) is 0 Å². The molecule has 5 aromatic carbocycles. The molecular weight excluding hydrogens is 671 g/mol. The summed E-state index contributed by atoms with van der Waals surface area (Å²) in [5, 5.41) is 0. The van der Waals surface area contributed by atoms with Gasteiger partial charge in [0.1, 0.15) is 17.2 Å². The fourth-order valence-corrected chi connectivity index (χ4v) is 7.72. The van der Waals surface area contributed by atoms with Crippen LogP contribution in [0, 0.1) is 0 Å². The Morgan fingerprint density at radius 3 is 2.00 bits per heavy atom. The van der Waals surface area contributed by atoms with Crippen molar-refractivity contribution in [2.75, 3.05) is 18.6 Å². The van der Waals surface area contributed by atoms with Crippen molar-refractivity contribution < 1.29 is 23.8 Å². The Kier molecular flexibility index (Phi) is 10.7. The highest BCUT2D eigenvalue weighted by Crippen LogP contribution is 2.54. The van der Waals surface area contributed by atoms with Gasteiger partial charge in [-0.15, -0.1) is 0 Å². The van der Waals surface area contributed by atoms with Gasteiger partial charge >= 0.3 is 5.97 Å². The minimum Gasteiger partial charge on any atom is -0.494 e. The van der Waals surface area contributed by atoms with Gasteiger partial charge in [-0.05, 0) is 122 Å². The second-order valence-electron chi connectivity index (χ2n) is 14.9. The summed E-state index contributed by atoms with van der Waals surface area (Å²) in [4.78, 5) is 28.7. The van der Waals surface area contributed by atoms with Gasteiger partial charge in [0, 0.05) is 29.4 Å². The van der Waals surface area contributed by atoms with Crippen molar-refractivity contribution in [2.45, 2.75) is 76.9 Å². The molecule has 0 saturated heterocycles. The van der Waals surface area contributed by atoms with Crippen LogP contribution in [0.1, 0.15) is 103 Å². The van der Waals surface area contributed by atoms with Gasteiger partial charge in [0.05, 0.1) is 17.6 Å². The molecule has 0 aromatic heterocycles. The van der Waals surface area contributed by atoms with E-state index in [9.17, 15) is 9.59 Å². The third kappa shape index (κ3) is 7.30. The summed E-state index contributed by atoms with van der Waals surface area (Å²) < 4.78 is 18.3. The second-order valence-corrected chi connectivity index (χ2v) is 14.9. The van der Waals surface area contributed by atoms with E-state index in [4.69, 9.17) is 14.2 Å². The van der Waals surface area contributed by atoms with Crippen LogP contribution < -0.4 is 19.1 Å². The lowest BCUT2D eigenvalue weighted by atomic mass is 9.76. The first-order valence-corrected chi connectivity index (χ1v) is 19.3. The van der Waals surface area contributed by atoms with Gasteiger partial charge in [0.2, 0.25) is 5.72 Å². The molecule has 0 bridgehead atoms. The SMILES string of the molecule is CCCCCCCCCOc1ccc(-c2ccc(C(=O)Oc3ccc(C(=O)c4ccc5c(c4)C=C[C@]4(O5)N(C)c5ccccc5C4(C)C)cc3)cc2)cc1. The number of nitrogens with zero attached hydrogens (tertiary/aromatic N) is 1. The van der Waals surface area contributed by atoms with Gasteiger partial charge in [-0.3, -0.25) is 4.79 Å². The number of carbonyl (C=O) groups is 2. The van der Waals surface area contributed by atoms with Gasteiger partial charge in [-0.2, -0.15) is 0 Å². The zero-order chi connectivity index (χ0) is 37.7. The molecule has 6 nitrogen and oxygen atoms in total. The molecule has 0 radical (unpaired) electrons. The molecule has 2 heterocycles. The van der Waals surface area contributed by atoms with Crippen LogP contribution in [0.3, 0.4) is 0 Å². The molecule has 0 fully saturated rings. The molecule has 1 spiro atoms. The fourth-order valence-electron chi connectivity index (χ4n) is 7.72. The summed E-state index contributed by atoms with van der Waals surface area (Å²) in [5.74, 6) is 1.37. The van der Waals surface area contributed by atoms with E-state index in [0.29, 0.717) is 22.4 Å². The molecule has 7 rings (SSSR count). The Labute approximate surface area is 319 Å². The molecule has 0 unspecified atom stereocenters. The van der Waals surface area contributed by atoms with Crippen molar-refractivity contribution in [3.05, 3.63) is 149 Å². The lowest BCUT2D eigenvalue weighted by molar-refractivity contribution is 0.0581. The van der Waals surface area contributed by atoms with E-state index >= 15 is 0 Å². The molecule has 6 heteroatoms. The predicted molar refractivity (Wildman–Crippen MR) is 217 cm³/mol. The van der Waals surface area contributed by atoms with Crippen molar-refractivity contribution in [3.63, 3.8) is 0 Å². The van der Waals surface area contributed by atoms with E-state index in [0.717, 1.165) is 46.9 Å². The predicted octanol–water partition coefficient (Wildman–Crippen LogP) is 11.5. The molecule has 5 aromatic rings. The standard InChI is InChI=1S/C48H49NO5/c1-5-6-7-8-9-10-13-32-52-40-25-20-35(21-26-40)34-16-18-37(19-17-34)46(51)53-41-27-22-36(23-28-41)45(50)39-24-29-44-38(33-39)30-31-48(54-44)47(2,3)42-14-11-12-15-43(42)49(48)4/h11-12,14-31,33H,5-10,13,32H2,1-4H3/t48-/m1/s1. The molecule has 0 N–H and O–H groups in total. The average molecular weight is 720 g/mol. The number of para-hydroxylation sites is 1. The number of benzene rings is 5. The van der Waals surface area contributed by atoms with Crippen molar-refractivity contribution in [2.24, 2.45) is 0 Å². The van der Waals surface area contributed by atoms with Gasteiger partial charge in [0.15, 0.2) is 5.78 Å². The van der Waals surface area contributed by atoms with E-state index < -0.39 is 11.7 Å². The maximum absolute atomic E-state index is 13.5. The fraction of sp³-hybridized carbons (Fsp3) is 0.292. The molecule has 276 valence electrons. The van der Waals surface area contributed by atoms with Crippen molar-refractivity contribution >= 4 is 23.5 Å². The molecule has 2 aliphatic heterocycles. The molecule has 1 atom stereocenters. The number of ether oxygens (including phenoxy) is 3. The van der Waals surface area contributed by atoms with Crippen molar-refractivity contribution in [1.82, 2.24) is 0 Å². The van der Waals surface area contributed by atoms with Crippen LogP contribution >= 0.6 is 0 Å². The summed E-state index contributed by atoms with van der Waals surface area (Å²) in [5.41, 5.74) is 5.77. The quantitative estimate of drug-likeness (QED) is 0.0493. The lowest BCUT2D eigenvalue weighted by Gasteiger charge is -2.45. The number of hydrogen-bond acceptors (Lipinski definition) is 6. The van der Waals surface area contributed by atoms with Crippen LogP contribution in [-0.2, 0) is 5.41 Å². The molecule has 0 saturated carbocycles. The number of likely N-dealkylation sites (N-methyl/N-ethyl adjacent to an activating group) is 1. The largest absolute Gasteiger partial charge is 0.494 e. The van der Waals surface area contributed by atoms with Gasteiger partial charge < -0.3 is 19.1 Å². The summed E-state index contributed by atoms with van der Waals surface area (Å²) in [7, 11) is 2.06. The van der Waals surface area contributed by atoms with E-state index in [2.05, 4.69) is 63.1 Å². The van der Waals surface area contributed by atoms with Crippen LogP contribution in [0.5, 0.6) is 17.2 Å². The van der Waals surface area contributed by atoms with Crippen molar-refractivity contribution in [1.29, 1.82) is 0 Å². The third-order valence-corrected chi connectivity index (χ3v) is 11.0. The van der Waals surface area contributed by atoms with Crippen LogP contribution in [0.15, 0.2) is 121 Å². The average Bonchev–Trinajstić information content (AvgIpc) is 3.36. The molecule has 0 amide bonds. The first-order chi connectivity index (χ1) is 26.2. The first kappa shape index (κ1) is 36.7. The summed E-state index contributed by atoms with van der Waals surface area (Å²) >= 11 is 0. The topological polar surface area (TPSA) is 65.1 Å². The normalized spacial score (nSPS) is 16.4. The third-order valence-electron chi connectivity index (χ3n) is 11.0. The van der Waals surface area contributed by atoms with E-state index in [1.807, 2.05) is 54.6 Å². The Bertz CT molecular complexity index is 2130. The summed E-state index contributed by atoms with van der Waals surface area (Å²) in [6, 6.07) is 36.0. The van der Waals surface area contributed by atoms with Crippen LogP contribution in [-0.4, -0.2) is 31.1 Å². The van der Waals surface area contributed by atoms with Crippen LogP contribution in [0.4, 0.5) is 5.69 Å².